The summed E-state index contributed by atoms with van der Waals surface area (Å²) >= 11 is 0. The van der Waals surface area contributed by atoms with E-state index in [-0.39, 0.29) is 17.9 Å². The Morgan fingerprint density at radius 2 is 1.89 bits per heavy atom. The number of amides is 1. The first-order valence-electron chi connectivity index (χ1n) is 7.85. The van der Waals surface area contributed by atoms with Gasteiger partial charge in [0.15, 0.2) is 0 Å². The van der Waals surface area contributed by atoms with Crippen molar-refractivity contribution in [3.8, 4) is 0 Å². The minimum atomic E-state index is -0.193. The van der Waals surface area contributed by atoms with Crippen molar-refractivity contribution in [1.82, 2.24) is 10.2 Å². The van der Waals surface area contributed by atoms with Crippen molar-refractivity contribution in [2.75, 3.05) is 19.6 Å². The van der Waals surface area contributed by atoms with Crippen LogP contribution >= 0.6 is 0 Å². The number of likely N-dealkylation sites (tertiary alicyclic amines) is 1. The van der Waals surface area contributed by atoms with Crippen LogP contribution < -0.4 is 5.32 Å². The Labute approximate surface area is 116 Å². The molecule has 2 aliphatic rings. The highest BCUT2D eigenvalue weighted by atomic mass is 16.3. The van der Waals surface area contributed by atoms with Crippen molar-refractivity contribution in [1.29, 1.82) is 0 Å². The molecule has 1 amide bonds. The van der Waals surface area contributed by atoms with Crippen LogP contribution in [0.1, 0.15) is 51.9 Å². The molecule has 1 saturated heterocycles. The van der Waals surface area contributed by atoms with E-state index in [2.05, 4.69) is 17.1 Å². The summed E-state index contributed by atoms with van der Waals surface area (Å²) in [5.41, 5.74) is 0. The van der Waals surface area contributed by atoms with Crippen LogP contribution in [0.25, 0.3) is 0 Å². The smallest absolute Gasteiger partial charge is 0.234 e. The van der Waals surface area contributed by atoms with Crippen molar-refractivity contribution >= 4 is 5.91 Å². The van der Waals surface area contributed by atoms with Crippen molar-refractivity contribution in [2.45, 2.75) is 64.0 Å². The third kappa shape index (κ3) is 4.77. The van der Waals surface area contributed by atoms with Crippen LogP contribution in [0.4, 0.5) is 0 Å². The Morgan fingerprint density at radius 3 is 2.53 bits per heavy atom. The number of hydrogen-bond donors (Lipinski definition) is 2. The van der Waals surface area contributed by atoms with Crippen LogP contribution in [-0.2, 0) is 4.79 Å². The molecule has 110 valence electrons. The van der Waals surface area contributed by atoms with E-state index in [0.717, 1.165) is 32.4 Å². The van der Waals surface area contributed by atoms with E-state index < -0.39 is 0 Å². The lowest BCUT2D eigenvalue weighted by molar-refractivity contribution is -0.124. The number of carbonyl (C=O) groups excluding carboxylic acids is 1. The van der Waals surface area contributed by atoms with Gasteiger partial charge in [-0.05, 0) is 25.2 Å². The number of rotatable bonds is 3. The maximum Gasteiger partial charge on any atom is 0.234 e. The molecule has 19 heavy (non-hydrogen) atoms. The average molecular weight is 268 g/mol. The number of hydrogen-bond acceptors (Lipinski definition) is 3. The molecule has 2 atom stereocenters. The van der Waals surface area contributed by atoms with Crippen LogP contribution in [0.5, 0.6) is 0 Å². The molecule has 2 rings (SSSR count). The van der Waals surface area contributed by atoms with Gasteiger partial charge in [0.2, 0.25) is 5.91 Å². The summed E-state index contributed by atoms with van der Waals surface area (Å²) in [5, 5.41) is 12.9. The number of piperidine rings is 1. The molecule has 0 radical (unpaired) electrons. The summed E-state index contributed by atoms with van der Waals surface area (Å²) in [4.78, 5) is 14.2. The summed E-state index contributed by atoms with van der Waals surface area (Å²) in [6.45, 7) is 4.22. The molecular weight excluding hydrogens is 240 g/mol. The van der Waals surface area contributed by atoms with E-state index in [1.807, 2.05) is 0 Å². The molecule has 2 N–H and O–H groups in total. The Hall–Kier alpha value is -0.610. The fourth-order valence-electron chi connectivity index (χ4n) is 3.26. The minimum absolute atomic E-state index is 0.162. The fourth-order valence-corrected chi connectivity index (χ4v) is 3.26. The lowest BCUT2D eigenvalue weighted by Crippen LogP contribution is -2.47. The quantitative estimate of drug-likeness (QED) is 0.763. The number of aliphatic hydroxyl groups is 1. The molecule has 2 fully saturated rings. The van der Waals surface area contributed by atoms with Gasteiger partial charge in [-0.2, -0.15) is 0 Å². The van der Waals surface area contributed by atoms with E-state index in [0.29, 0.717) is 12.6 Å². The highest BCUT2D eigenvalue weighted by Gasteiger charge is 2.25. The topological polar surface area (TPSA) is 52.6 Å². The molecule has 0 spiro atoms. The van der Waals surface area contributed by atoms with Gasteiger partial charge in [0.1, 0.15) is 0 Å². The molecular formula is C15H28N2O2. The predicted molar refractivity (Wildman–Crippen MR) is 75.9 cm³/mol. The third-order valence-electron chi connectivity index (χ3n) is 4.53. The van der Waals surface area contributed by atoms with Gasteiger partial charge in [-0.25, -0.2) is 0 Å². The second-order valence-electron chi connectivity index (χ2n) is 6.32. The molecule has 1 heterocycles. The van der Waals surface area contributed by atoms with Crippen LogP contribution in [0.3, 0.4) is 0 Å². The van der Waals surface area contributed by atoms with Crippen molar-refractivity contribution in [3.63, 3.8) is 0 Å². The number of nitrogens with zero attached hydrogens (tertiary/aromatic N) is 1. The van der Waals surface area contributed by atoms with Crippen LogP contribution in [0.2, 0.25) is 0 Å². The van der Waals surface area contributed by atoms with Crippen molar-refractivity contribution in [2.24, 2.45) is 5.92 Å². The van der Waals surface area contributed by atoms with Crippen molar-refractivity contribution < 1.29 is 9.90 Å². The third-order valence-corrected chi connectivity index (χ3v) is 4.53. The molecule has 4 heteroatoms. The Balaban J connectivity index is 1.71. The van der Waals surface area contributed by atoms with Gasteiger partial charge in [0, 0.05) is 19.1 Å². The Bertz CT molecular complexity index is 288. The number of carbonyl (C=O) groups is 1. The first-order valence-corrected chi connectivity index (χ1v) is 7.85. The van der Waals surface area contributed by atoms with Crippen LogP contribution in [-0.4, -0.2) is 47.7 Å². The van der Waals surface area contributed by atoms with Gasteiger partial charge < -0.3 is 10.4 Å². The highest BCUT2D eigenvalue weighted by Crippen LogP contribution is 2.18. The van der Waals surface area contributed by atoms with E-state index >= 15 is 0 Å². The summed E-state index contributed by atoms with van der Waals surface area (Å²) < 4.78 is 0. The summed E-state index contributed by atoms with van der Waals surface area (Å²) in [6, 6.07) is 0.391. The molecule has 0 bridgehead atoms. The molecule has 2 unspecified atom stereocenters. The van der Waals surface area contributed by atoms with Gasteiger partial charge in [0.25, 0.3) is 0 Å². The first kappa shape index (κ1) is 14.8. The maximum atomic E-state index is 12.1. The van der Waals surface area contributed by atoms with E-state index in [9.17, 15) is 9.90 Å². The summed E-state index contributed by atoms with van der Waals surface area (Å²) in [5.74, 6) is 0.440. The van der Waals surface area contributed by atoms with Gasteiger partial charge in [0.05, 0.1) is 12.6 Å². The molecule has 0 aromatic carbocycles. The lowest BCUT2D eigenvalue weighted by atomic mass is 9.97. The number of aliphatic hydroxyl groups excluding tert-OH is 1. The standard InChI is InChI=1S/C15H28N2O2/c1-12-10-17(9-8-14(12)18)11-15(19)16-13-6-4-2-3-5-7-13/h12-14,18H,2-11H2,1H3,(H,16,19). The van der Waals surface area contributed by atoms with Crippen LogP contribution in [0.15, 0.2) is 0 Å². The largest absolute Gasteiger partial charge is 0.393 e. The molecule has 1 aliphatic carbocycles. The molecule has 4 nitrogen and oxygen atoms in total. The van der Waals surface area contributed by atoms with E-state index in [4.69, 9.17) is 0 Å². The predicted octanol–water partition coefficient (Wildman–Crippen LogP) is 1.53. The van der Waals surface area contributed by atoms with Crippen LogP contribution in [0, 0.1) is 5.92 Å². The SMILES string of the molecule is CC1CN(CC(=O)NC2CCCCCC2)CCC1O. The maximum absolute atomic E-state index is 12.1. The minimum Gasteiger partial charge on any atom is -0.393 e. The first-order chi connectivity index (χ1) is 9.15. The van der Waals surface area contributed by atoms with Gasteiger partial charge in [-0.3, -0.25) is 9.69 Å². The van der Waals surface area contributed by atoms with Gasteiger partial charge in [-0.15, -0.1) is 0 Å². The second kappa shape index (κ2) is 7.25. The number of nitrogens with one attached hydrogen (secondary N) is 1. The zero-order valence-corrected chi connectivity index (χ0v) is 12.1. The van der Waals surface area contributed by atoms with Gasteiger partial charge in [-0.1, -0.05) is 32.6 Å². The van der Waals surface area contributed by atoms with E-state index in [1.165, 1.54) is 25.7 Å². The summed E-state index contributed by atoms with van der Waals surface area (Å²) in [6.07, 6.45) is 8.00. The van der Waals surface area contributed by atoms with E-state index in [1.54, 1.807) is 0 Å². The lowest BCUT2D eigenvalue weighted by Gasteiger charge is -2.34. The second-order valence-corrected chi connectivity index (χ2v) is 6.32. The van der Waals surface area contributed by atoms with Crippen molar-refractivity contribution in [3.05, 3.63) is 0 Å². The normalized spacial score (nSPS) is 30.8. The highest BCUT2D eigenvalue weighted by molar-refractivity contribution is 5.78. The Kier molecular flexibility index (Phi) is 5.64. The zero-order valence-electron chi connectivity index (χ0n) is 12.1. The Morgan fingerprint density at radius 1 is 1.21 bits per heavy atom. The molecule has 1 saturated carbocycles. The molecule has 0 aromatic heterocycles. The summed E-state index contributed by atoms with van der Waals surface area (Å²) in [7, 11) is 0. The van der Waals surface area contributed by atoms with Gasteiger partial charge >= 0.3 is 0 Å². The molecule has 1 aliphatic heterocycles. The monoisotopic (exact) mass is 268 g/mol. The average Bonchev–Trinajstić information content (AvgIpc) is 2.62. The fraction of sp³-hybridized carbons (Fsp3) is 0.933. The zero-order chi connectivity index (χ0) is 13.7. The molecule has 0 aromatic rings.